The summed E-state index contributed by atoms with van der Waals surface area (Å²) >= 11 is 0. The molecule has 1 fully saturated rings. The van der Waals surface area contributed by atoms with Crippen molar-refractivity contribution in [3.63, 3.8) is 0 Å². The van der Waals surface area contributed by atoms with Crippen LogP contribution in [0.4, 0.5) is 0 Å². The molecule has 1 atom stereocenters. The van der Waals surface area contributed by atoms with Crippen LogP contribution in [0, 0.1) is 5.41 Å². The van der Waals surface area contributed by atoms with Crippen molar-refractivity contribution < 1.29 is 4.74 Å². The topological polar surface area (TPSA) is 24.5 Å². The summed E-state index contributed by atoms with van der Waals surface area (Å²) in [6.45, 7) is 11.2. The predicted octanol–water partition coefficient (Wildman–Crippen LogP) is 0.954. The van der Waals surface area contributed by atoms with E-state index in [1.807, 2.05) is 0 Å². The van der Waals surface area contributed by atoms with E-state index in [4.69, 9.17) is 4.74 Å². The van der Waals surface area contributed by atoms with Gasteiger partial charge in [-0.1, -0.05) is 13.8 Å². The zero-order valence-corrected chi connectivity index (χ0v) is 9.81. The molecule has 0 aromatic heterocycles. The van der Waals surface area contributed by atoms with Gasteiger partial charge in [0.25, 0.3) is 0 Å². The summed E-state index contributed by atoms with van der Waals surface area (Å²) < 4.78 is 5.11. The highest BCUT2D eigenvalue weighted by Crippen LogP contribution is 2.25. The Morgan fingerprint density at radius 1 is 1.50 bits per heavy atom. The second-order valence-electron chi connectivity index (χ2n) is 4.60. The Kier molecular flexibility index (Phi) is 4.85. The maximum atomic E-state index is 5.11. The van der Waals surface area contributed by atoms with Crippen molar-refractivity contribution in [3.8, 4) is 0 Å². The highest BCUT2D eigenvalue weighted by molar-refractivity contribution is 4.86. The van der Waals surface area contributed by atoms with E-state index in [1.165, 1.54) is 19.5 Å². The van der Waals surface area contributed by atoms with E-state index in [0.717, 1.165) is 26.2 Å². The second kappa shape index (κ2) is 5.69. The van der Waals surface area contributed by atoms with Gasteiger partial charge in [-0.25, -0.2) is 0 Å². The van der Waals surface area contributed by atoms with Gasteiger partial charge in [-0.05, 0) is 24.9 Å². The van der Waals surface area contributed by atoms with Gasteiger partial charge in [0.1, 0.15) is 0 Å². The first-order chi connectivity index (χ1) is 6.70. The minimum Gasteiger partial charge on any atom is -0.383 e. The molecule has 84 valence electrons. The molecular formula is C11H24N2O. The molecular weight excluding hydrogens is 176 g/mol. The molecule has 1 rings (SSSR count). The molecule has 3 nitrogen and oxygen atoms in total. The average Bonchev–Trinajstić information content (AvgIpc) is 2.60. The lowest BCUT2D eigenvalue weighted by Crippen LogP contribution is -2.38. The Balaban J connectivity index is 2.30. The smallest absolute Gasteiger partial charge is 0.0589 e. The molecule has 1 heterocycles. The monoisotopic (exact) mass is 200 g/mol. The number of methoxy groups -OCH3 is 1. The second-order valence-corrected chi connectivity index (χ2v) is 4.60. The normalized spacial score (nSPS) is 27.4. The van der Waals surface area contributed by atoms with E-state index in [0.29, 0.717) is 5.41 Å². The van der Waals surface area contributed by atoms with Crippen molar-refractivity contribution in [2.24, 2.45) is 5.41 Å². The van der Waals surface area contributed by atoms with E-state index in [9.17, 15) is 0 Å². The quantitative estimate of drug-likeness (QED) is 0.691. The Bertz CT molecular complexity index is 155. The van der Waals surface area contributed by atoms with Crippen molar-refractivity contribution in [2.75, 3.05) is 46.4 Å². The lowest BCUT2D eigenvalue weighted by molar-refractivity contribution is 0.122. The van der Waals surface area contributed by atoms with Gasteiger partial charge in [-0.15, -0.1) is 0 Å². The minimum absolute atomic E-state index is 0.476. The fourth-order valence-electron chi connectivity index (χ4n) is 2.11. The number of nitrogens with one attached hydrogen (secondary N) is 1. The Hall–Kier alpha value is -0.120. The van der Waals surface area contributed by atoms with E-state index >= 15 is 0 Å². The van der Waals surface area contributed by atoms with Gasteiger partial charge in [0.15, 0.2) is 0 Å². The molecule has 1 unspecified atom stereocenters. The summed E-state index contributed by atoms with van der Waals surface area (Å²) in [5.41, 5.74) is 0.476. The number of rotatable bonds is 6. The van der Waals surface area contributed by atoms with Gasteiger partial charge >= 0.3 is 0 Å². The van der Waals surface area contributed by atoms with E-state index < -0.39 is 0 Å². The third kappa shape index (κ3) is 3.56. The van der Waals surface area contributed by atoms with Crippen LogP contribution < -0.4 is 5.32 Å². The van der Waals surface area contributed by atoms with Crippen molar-refractivity contribution in [1.82, 2.24) is 10.2 Å². The standard InChI is InChI=1S/C11H24N2O/c1-4-13(7-8-14-3)10-11(2)5-6-12-9-11/h12H,4-10H2,1-3H3. The van der Waals surface area contributed by atoms with Crippen molar-refractivity contribution >= 4 is 0 Å². The molecule has 3 heteroatoms. The van der Waals surface area contributed by atoms with E-state index in [-0.39, 0.29) is 0 Å². The number of hydrogen-bond donors (Lipinski definition) is 1. The molecule has 0 aromatic rings. The largest absolute Gasteiger partial charge is 0.383 e. The predicted molar refractivity (Wildman–Crippen MR) is 59.6 cm³/mol. The van der Waals surface area contributed by atoms with Crippen LogP contribution in [-0.4, -0.2) is 51.3 Å². The third-order valence-electron chi connectivity index (χ3n) is 3.12. The summed E-state index contributed by atoms with van der Waals surface area (Å²) in [6.07, 6.45) is 1.30. The first-order valence-electron chi connectivity index (χ1n) is 5.62. The van der Waals surface area contributed by atoms with Crippen LogP contribution in [0.3, 0.4) is 0 Å². The molecule has 0 aliphatic carbocycles. The van der Waals surface area contributed by atoms with Gasteiger partial charge in [0, 0.05) is 26.7 Å². The number of hydrogen-bond acceptors (Lipinski definition) is 3. The summed E-state index contributed by atoms with van der Waals surface area (Å²) in [4.78, 5) is 2.48. The molecule has 0 aromatic carbocycles. The zero-order chi connectivity index (χ0) is 10.4. The summed E-state index contributed by atoms with van der Waals surface area (Å²) in [6, 6.07) is 0. The molecule has 1 N–H and O–H groups in total. The fraction of sp³-hybridized carbons (Fsp3) is 1.00. The van der Waals surface area contributed by atoms with Crippen LogP contribution in [0.1, 0.15) is 20.3 Å². The molecule has 1 saturated heterocycles. The molecule has 1 aliphatic heterocycles. The van der Waals surface area contributed by atoms with Gasteiger partial charge in [0.05, 0.1) is 6.61 Å². The first-order valence-corrected chi connectivity index (χ1v) is 5.62. The number of nitrogens with zero attached hydrogens (tertiary/aromatic N) is 1. The van der Waals surface area contributed by atoms with Crippen molar-refractivity contribution in [2.45, 2.75) is 20.3 Å². The Labute approximate surface area is 87.8 Å². The SMILES string of the molecule is CCN(CCOC)CC1(C)CCNC1. The van der Waals surface area contributed by atoms with Crippen LogP contribution in [-0.2, 0) is 4.74 Å². The molecule has 0 bridgehead atoms. The van der Waals surface area contributed by atoms with Crippen molar-refractivity contribution in [3.05, 3.63) is 0 Å². The maximum Gasteiger partial charge on any atom is 0.0589 e. The van der Waals surface area contributed by atoms with Crippen molar-refractivity contribution in [1.29, 1.82) is 0 Å². The lowest BCUT2D eigenvalue weighted by Gasteiger charge is -2.30. The molecule has 14 heavy (non-hydrogen) atoms. The summed E-state index contributed by atoms with van der Waals surface area (Å²) in [7, 11) is 1.77. The maximum absolute atomic E-state index is 5.11. The third-order valence-corrected chi connectivity index (χ3v) is 3.12. The highest BCUT2D eigenvalue weighted by atomic mass is 16.5. The molecule has 0 radical (unpaired) electrons. The summed E-state index contributed by atoms with van der Waals surface area (Å²) in [5, 5.41) is 3.44. The molecule has 0 saturated carbocycles. The molecule has 0 spiro atoms. The average molecular weight is 200 g/mol. The fourth-order valence-corrected chi connectivity index (χ4v) is 2.11. The van der Waals surface area contributed by atoms with Gasteiger partial charge < -0.3 is 15.0 Å². The molecule has 0 amide bonds. The zero-order valence-electron chi connectivity index (χ0n) is 9.81. The van der Waals surface area contributed by atoms with E-state index in [2.05, 4.69) is 24.1 Å². The van der Waals surface area contributed by atoms with Gasteiger partial charge in [-0.3, -0.25) is 0 Å². The number of ether oxygens (including phenoxy) is 1. The van der Waals surface area contributed by atoms with Crippen LogP contribution >= 0.6 is 0 Å². The summed E-state index contributed by atoms with van der Waals surface area (Å²) in [5.74, 6) is 0. The highest BCUT2D eigenvalue weighted by Gasteiger charge is 2.29. The van der Waals surface area contributed by atoms with Crippen LogP contribution in [0.25, 0.3) is 0 Å². The van der Waals surface area contributed by atoms with Gasteiger partial charge in [-0.2, -0.15) is 0 Å². The Morgan fingerprint density at radius 2 is 2.29 bits per heavy atom. The van der Waals surface area contributed by atoms with Crippen LogP contribution in [0.2, 0.25) is 0 Å². The van der Waals surface area contributed by atoms with E-state index in [1.54, 1.807) is 7.11 Å². The lowest BCUT2D eigenvalue weighted by atomic mass is 9.89. The minimum atomic E-state index is 0.476. The molecule has 1 aliphatic rings. The number of likely N-dealkylation sites (N-methyl/N-ethyl adjacent to an activating group) is 1. The first kappa shape index (κ1) is 12.0. The van der Waals surface area contributed by atoms with Crippen LogP contribution in [0.15, 0.2) is 0 Å². The van der Waals surface area contributed by atoms with Gasteiger partial charge in [0.2, 0.25) is 0 Å². The Morgan fingerprint density at radius 3 is 2.79 bits per heavy atom. The van der Waals surface area contributed by atoms with Crippen LogP contribution in [0.5, 0.6) is 0 Å².